The van der Waals surface area contributed by atoms with Crippen LogP contribution in [-0.2, 0) is 6.42 Å². The molecule has 0 amide bonds. The van der Waals surface area contributed by atoms with Crippen LogP contribution < -0.4 is 4.90 Å². The first-order valence-electron chi connectivity index (χ1n) is 10.7. The van der Waals surface area contributed by atoms with Gasteiger partial charge in [0.15, 0.2) is 0 Å². The Hall–Kier alpha value is -3.50. The van der Waals surface area contributed by atoms with E-state index < -0.39 is 5.60 Å². The molecule has 7 heteroatoms. The predicted molar refractivity (Wildman–Crippen MR) is 123 cm³/mol. The quantitative estimate of drug-likeness (QED) is 0.457. The van der Waals surface area contributed by atoms with Crippen LogP contribution in [0.15, 0.2) is 36.4 Å². The zero-order chi connectivity index (χ0) is 22.6. The third-order valence-electron chi connectivity index (χ3n) is 5.86. The topological polar surface area (TPSA) is 66.5 Å². The van der Waals surface area contributed by atoms with Crippen LogP contribution in [0.4, 0.5) is 15.9 Å². The van der Waals surface area contributed by atoms with Gasteiger partial charge in [-0.2, -0.15) is 4.98 Å². The normalized spacial score (nSPS) is 16.2. The highest BCUT2D eigenvalue weighted by Crippen LogP contribution is 2.41. The molecule has 0 saturated heterocycles. The van der Waals surface area contributed by atoms with Crippen LogP contribution in [0.25, 0.3) is 16.7 Å². The molecule has 5 rings (SSSR count). The van der Waals surface area contributed by atoms with Crippen LogP contribution in [0, 0.1) is 24.6 Å². The number of halogens is 1. The summed E-state index contributed by atoms with van der Waals surface area (Å²) >= 11 is 0. The first-order valence-corrected chi connectivity index (χ1v) is 10.7. The second-order valence-electron chi connectivity index (χ2n) is 8.82. The lowest BCUT2D eigenvalue weighted by atomic mass is 9.92. The minimum atomic E-state index is -1.08. The fraction of sp³-hybridized carbons (Fsp3) is 0.320. The van der Waals surface area contributed by atoms with Crippen molar-refractivity contribution in [1.82, 2.24) is 19.6 Å². The molecule has 4 aromatic rings. The molecule has 1 N–H and O–H groups in total. The van der Waals surface area contributed by atoms with Crippen molar-refractivity contribution in [2.45, 2.75) is 52.2 Å². The summed E-state index contributed by atoms with van der Waals surface area (Å²) in [6.45, 7) is 7.28. The van der Waals surface area contributed by atoms with Crippen LogP contribution >= 0.6 is 0 Å². The molecule has 0 bridgehead atoms. The molecule has 0 spiro atoms. The second-order valence-corrected chi connectivity index (χ2v) is 8.82. The van der Waals surface area contributed by atoms with Gasteiger partial charge in [0.05, 0.1) is 10.9 Å². The second kappa shape index (κ2) is 7.28. The van der Waals surface area contributed by atoms with Gasteiger partial charge in [0.2, 0.25) is 0 Å². The molecule has 2 aromatic carbocycles. The van der Waals surface area contributed by atoms with Crippen molar-refractivity contribution in [3.8, 4) is 11.8 Å². The molecule has 0 fully saturated rings. The smallest absolute Gasteiger partial charge is 0.257 e. The highest BCUT2D eigenvalue weighted by Gasteiger charge is 2.30. The van der Waals surface area contributed by atoms with Crippen molar-refractivity contribution in [2.24, 2.45) is 0 Å². The number of aromatic nitrogens is 4. The van der Waals surface area contributed by atoms with E-state index in [0.29, 0.717) is 28.3 Å². The largest absolute Gasteiger partial charge is 0.378 e. The van der Waals surface area contributed by atoms with E-state index in [1.807, 2.05) is 31.2 Å². The van der Waals surface area contributed by atoms with Gasteiger partial charge in [-0.1, -0.05) is 24.0 Å². The zero-order valence-corrected chi connectivity index (χ0v) is 18.5. The summed E-state index contributed by atoms with van der Waals surface area (Å²) in [5, 5.41) is 18.9. The zero-order valence-electron chi connectivity index (χ0n) is 18.5. The van der Waals surface area contributed by atoms with Crippen molar-refractivity contribution in [1.29, 1.82) is 0 Å². The van der Waals surface area contributed by atoms with Gasteiger partial charge in [-0.05, 0) is 70.4 Å². The Labute approximate surface area is 185 Å². The summed E-state index contributed by atoms with van der Waals surface area (Å²) in [4.78, 5) is 6.86. The van der Waals surface area contributed by atoms with Crippen LogP contribution in [0.2, 0.25) is 0 Å². The molecule has 6 nitrogen and oxygen atoms in total. The van der Waals surface area contributed by atoms with E-state index in [2.05, 4.69) is 33.9 Å². The maximum atomic E-state index is 15.2. The lowest BCUT2D eigenvalue weighted by Crippen LogP contribution is -2.34. The summed E-state index contributed by atoms with van der Waals surface area (Å²) in [6, 6.07) is 11.0. The van der Waals surface area contributed by atoms with E-state index in [1.54, 1.807) is 24.3 Å². The first-order chi connectivity index (χ1) is 15.2. The summed E-state index contributed by atoms with van der Waals surface area (Å²) in [7, 11) is 0. The highest BCUT2D eigenvalue weighted by atomic mass is 19.1. The van der Waals surface area contributed by atoms with Crippen molar-refractivity contribution in [3.05, 3.63) is 59.2 Å². The van der Waals surface area contributed by atoms with E-state index in [1.165, 1.54) is 6.07 Å². The average molecular weight is 429 g/mol. The van der Waals surface area contributed by atoms with Gasteiger partial charge >= 0.3 is 0 Å². The van der Waals surface area contributed by atoms with Crippen molar-refractivity contribution < 1.29 is 9.50 Å². The lowest BCUT2D eigenvalue weighted by molar-refractivity contribution is 0.143. The van der Waals surface area contributed by atoms with Crippen molar-refractivity contribution in [3.63, 3.8) is 0 Å². The number of hydrogen-bond acceptors (Lipinski definition) is 5. The molecule has 162 valence electrons. The van der Waals surface area contributed by atoms with E-state index in [0.717, 1.165) is 29.7 Å². The third-order valence-corrected chi connectivity index (χ3v) is 5.86. The Kier molecular flexibility index (Phi) is 4.64. The van der Waals surface area contributed by atoms with Crippen LogP contribution in [0.5, 0.6) is 0 Å². The summed E-state index contributed by atoms with van der Waals surface area (Å²) < 4.78 is 17.0. The molecule has 0 radical (unpaired) electrons. The molecular formula is C25H24FN5O. The molecule has 1 atom stereocenters. The number of fused-ring (bicyclic) bond motifs is 4. The SMILES string of the molecule is Cc1nnc2nc(N3c4cccc(C#CC(C)(C)O)c4CCC3C)c3c(F)cccc3n12. The standard InChI is InChI=1S/C25H24FN5O/c1-15-11-12-18-17(13-14-25(3,4)32)7-5-9-20(18)30(15)23-22-19(26)8-6-10-21(22)31-16(2)28-29-24(31)27-23/h5-10,15,32H,11-12H2,1-4H3. The van der Waals surface area contributed by atoms with Crippen molar-refractivity contribution >= 4 is 28.2 Å². The fourth-order valence-electron chi connectivity index (χ4n) is 4.39. The molecule has 1 unspecified atom stereocenters. The monoisotopic (exact) mass is 429 g/mol. The fourth-order valence-corrected chi connectivity index (χ4v) is 4.39. The summed E-state index contributed by atoms with van der Waals surface area (Å²) in [5.74, 6) is 7.33. The third kappa shape index (κ3) is 3.28. The molecule has 0 aliphatic carbocycles. The van der Waals surface area contributed by atoms with Gasteiger partial charge in [0, 0.05) is 17.3 Å². The van der Waals surface area contributed by atoms with Crippen LogP contribution in [-0.4, -0.2) is 36.3 Å². The van der Waals surface area contributed by atoms with E-state index in [4.69, 9.17) is 4.98 Å². The maximum Gasteiger partial charge on any atom is 0.257 e. The van der Waals surface area contributed by atoms with Crippen LogP contribution in [0.1, 0.15) is 44.1 Å². The Morgan fingerprint density at radius 3 is 2.72 bits per heavy atom. The first kappa shape index (κ1) is 20.4. The van der Waals surface area contributed by atoms with E-state index >= 15 is 4.39 Å². The number of rotatable bonds is 1. The van der Waals surface area contributed by atoms with E-state index in [-0.39, 0.29) is 11.9 Å². The Bertz CT molecular complexity index is 1420. The van der Waals surface area contributed by atoms with Gasteiger partial charge in [-0.25, -0.2) is 4.39 Å². The minimum Gasteiger partial charge on any atom is -0.378 e. The predicted octanol–water partition coefficient (Wildman–Crippen LogP) is 4.32. The van der Waals surface area contributed by atoms with Gasteiger partial charge < -0.3 is 10.0 Å². The number of aliphatic hydroxyl groups is 1. The highest BCUT2D eigenvalue weighted by molar-refractivity contribution is 5.95. The van der Waals surface area contributed by atoms with Crippen LogP contribution in [0.3, 0.4) is 0 Å². The van der Waals surface area contributed by atoms with Gasteiger partial charge in [-0.3, -0.25) is 4.40 Å². The molecule has 2 aromatic heterocycles. The molecule has 0 saturated carbocycles. The maximum absolute atomic E-state index is 15.2. The molecule has 3 heterocycles. The van der Waals surface area contributed by atoms with Gasteiger partial charge in [0.1, 0.15) is 23.1 Å². The summed E-state index contributed by atoms with van der Waals surface area (Å²) in [5.41, 5.74) is 2.49. The van der Waals surface area contributed by atoms with E-state index in [9.17, 15) is 5.11 Å². The number of anilines is 2. The van der Waals surface area contributed by atoms with Crippen molar-refractivity contribution in [2.75, 3.05) is 4.90 Å². The molecule has 1 aliphatic rings. The number of benzene rings is 2. The minimum absolute atomic E-state index is 0.0989. The lowest BCUT2D eigenvalue weighted by Gasteiger charge is -2.37. The Morgan fingerprint density at radius 2 is 1.94 bits per heavy atom. The van der Waals surface area contributed by atoms with Gasteiger partial charge in [-0.15, -0.1) is 10.2 Å². The number of nitrogens with zero attached hydrogens (tertiary/aromatic N) is 5. The number of aryl methyl sites for hydroxylation is 1. The molecule has 32 heavy (non-hydrogen) atoms. The Balaban J connectivity index is 1.79. The number of hydrogen-bond donors (Lipinski definition) is 1. The summed E-state index contributed by atoms with van der Waals surface area (Å²) in [6.07, 6.45) is 1.71. The average Bonchev–Trinajstić information content (AvgIpc) is 3.12. The molecular weight excluding hydrogens is 405 g/mol. The van der Waals surface area contributed by atoms with Gasteiger partial charge in [0.25, 0.3) is 5.78 Å². The molecule has 1 aliphatic heterocycles. The Morgan fingerprint density at radius 1 is 1.16 bits per heavy atom.